The molecule has 3 aromatic rings. The quantitative estimate of drug-likeness (QED) is 0.512. The molecule has 1 unspecified atom stereocenters. The van der Waals surface area contributed by atoms with Crippen LogP contribution in [0.1, 0.15) is 43.7 Å². The van der Waals surface area contributed by atoms with Gasteiger partial charge >= 0.3 is 5.97 Å². The molecule has 0 bridgehead atoms. The van der Waals surface area contributed by atoms with Crippen LogP contribution in [-0.4, -0.2) is 29.6 Å². The third-order valence-corrected chi connectivity index (χ3v) is 7.88. The lowest BCUT2D eigenvalue weighted by Crippen LogP contribution is -2.40. The number of thiophene rings is 1. The van der Waals surface area contributed by atoms with Gasteiger partial charge in [-0.2, -0.15) is 0 Å². The Labute approximate surface area is 203 Å². The Morgan fingerprint density at radius 1 is 1.15 bits per heavy atom. The highest BCUT2D eigenvalue weighted by Gasteiger charge is 2.37. The first-order chi connectivity index (χ1) is 16.5. The number of hydrogen-bond acceptors (Lipinski definition) is 7. The highest BCUT2D eigenvalue weighted by molar-refractivity contribution is 7.10. The number of thiazole rings is 1. The maximum absolute atomic E-state index is 13.9. The number of nitrogens with zero attached hydrogens (tertiary/aromatic N) is 3. The number of hydrogen-bond donors (Lipinski definition) is 0. The third kappa shape index (κ3) is 3.38. The number of benzene rings is 1. The second-order valence-corrected chi connectivity index (χ2v) is 9.94. The molecule has 7 nitrogen and oxygen atoms in total. The van der Waals surface area contributed by atoms with Crippen LogP contribution >= 0.6 is 22.7 Å². The lowest BCUT2D eigenvalue weighted by molar-refractivity contribution is -0.139. The number of fused-ring (bicyclic) bond motifs is 2. The first-order valence-electron chi connectivity index (χ1n) is 11.1. The van der Waals surface area contributed by atoms with Gasteiger partial charge in [0.15, 0.2) is 4.80 Å². The van der Waals surface area contributed by atoms with Gasteiger partial charge in [0.2, 0.25) is 0 Å². The van der Waals surface area contributed by atoms with Gasteiger partial charge < -0.3 is 9.64 Å². The molecule has 1 amide bonds. The number of carbonyl (C=O) groups excluding carboxylic acids is 2. The minimum atomic E-state index is -0.650. The van der Waals surface area contributed by atoms with E-state index in [1.54, 1.807) is 18.7 Å². The Balaban J connectivity index is 1.80. The molecule has 2 aromatic heterocycles. The molecule has 0 saturated carbocycles. The van der Waals surface area contributed by atoms with E-state index in [1.165, 1.54) is 27.2 Å². The smallest absolute Gasteiger partial charge is 0.338 e. The summed E-state index contributed by atoms with van der Waals surface area (Å²) in [5, 5.41) is 1.91. The lowest BCUT2D eigenvalue weighted by Gasteiger charge is -2.23. The van der Waals surface area contributed by atoms with Crippen LogP contribution < -0.4 is 19.8 Å². The highest BCUT2D eigenvalue weighted by Crippen LogP contribution is 2.36. The molecule has 34 heavy (non-hydrogen) atoms. The number of esters is 1. The van der Waals surface area contributed by atoms with Crippen LogP contribution in [0.4, 0.5) is 5.69 Å². The number of aromatic nitrogens is 1. The van der Waals surface area contributed by atoms with E-state index in [0.29, 0.717) is 32.7 Å². The van der Waals surface area contributed by atoms with Crippen molar-refractivity contribution in [3.63, 3.8) is 0 Å². The van der Waals surface area contributed by atoms with Gasteiger partial charge in [-0.15, -0.1) is 11.3 Å². The van der Waals surface area contributed by atoms with Crippen molar-refractivity contribution in [2.75, 3.05) is 18.1 Å². The SMILES string of the molecule is CCCN1C(=O)C(=c2sc3n(c2=O)C(c2cccs2)C(C(=O)OCC)=C(C)N=3)c2ccccc21. The van der Waals surface area contributed by atoms with Crippen LogP contribution in [0.5, 0.6) is 0 Å². The molecule has 4 heterocycles. The number of anilines is 1. The maximum atomic E-state index is 13.9. The monoisotopic (exact) mass is 493 g/mol. The molecule has 0 fully saturated rings. The first kappa shape index (κ1) is 22.5. The van der Waals surface area contributed by atoms with Gasteiger partial charge in [-0.05, 0) is 37.8 Å². The fraction of sp³-hybridized carbons (Fsp3) is 0.280. The Morgan fingerprint density at radius 2 is 1.94 bits per heavy atom. The van der Waals surface area contributed by atoms with Crippen molar-refractivity contribution < 1.29 is 14.3 Å². The van der Waals surface area contributed by atoms with Crippen molar-refractivity contribution >= 4 is 45.8 Å². The number of amides is 1. The fourth-order valence-corrected chi connectivity index (χ4v) is 6.46. The summed E-state index contributed by atoms with van der Waals surface area (Å²) in [6.07, 6.45) is 0.801. The van der Waals surface area contributed by atoms with E-state index >= 15 is 0 Å². The fourth-order valence-electron chi connectivity index (χ4n) is 4.50. The van der Waals surface area contributed by atoms with Gasteiger partial charge in [-0.1, -0.05) is 42.5 Å². The maximum Gasteiger partial charge on any atom is 0.338 e. The Morgan fingerprint density at radius 3 is 2.65 bits per heavy atom. The summed E-state index contributed by atoms with van der Waals surface area (Å²) in [4.78, 5) is 48.0. The Kier molecular flexibility index (Phi) is 5.83. The molecule has 0 N–H and O–H groups in total. The summed E-state index contributed by atoms with van der Waals surface area (Å²) in [5.74, 6) is -0.668. The van der Waals surface area contributed by atoms with Crippen molar-refractivity contribution in [3.05, 3.63) is 83.2 Å². The van der Waals surface area contributed by atoms with Crippen molar-refractivity contribution in [3.8, 4) is 0 Å². The van der Waals surface area contributed by atoms with Gasteiger partial charge in [0.1, 0.15) is 10.6 Å². The number of para-hydroxylation sites is 1. The van der Waals surface area contributed by atoms with Crippen LogP contribution in [0.25, 0.3) is 5.57 Å². The molecule has 1 atom stereocenters. The number of allylic oxidation sites excluding steroid dienone is 1. The molecule has 0 spiro atoms. The summed E-state index contributed by atoms with van der Waals surface area (Å²) >= 11 is 2.66. The van der Waals surface area contributed by atoms with Crippen LogP contribution in [0.3, 0.4) is 0 Å². The van der Waals surface area contributed by atoms with Crippen molar-refractivity contribution in [2.45, 2.75) is 33.2 Å². The second kappa shape index (κ2) is 8.81. The molecular formula is C25H23N3O4S2. The summed E-state index contributed by atoms with van der Waals surface area (Å²) in [6, 6.07) is 10.7. The summed E-state index contributed by atoms with van der Waals surface area (Å²) in [7, 11) is 0. The topological polar surface area (TPSA) is 81.0 Å². The molecule has 5 rings (SSSR count). The molecule has 2 aliphatic heterocycles. The molecule has 0 aliphatic carbocycles. The average Bonchev–Trinajstić information content (AvgIpc) is 3.52. The summed E-state index contributed by atoms with van der Waals surface area (Å²) in [5.41, 5.74) is 2.50. The molecule has 0 saturated heterocycles. The molecule has 1 aromatic carbocycles. The average molecular weight is 494 g/mol. The number of ether oxygens (including phenoxy) is 1. The van der Waals surface area contributed by atoms with E-state index in [9.17, 15) is 14.4 Å². The summed E-state index contributed by atoms with van der Waals surface area (Å²) < 4.78 is 7.20. The largest absolute Gasteiger partial charge is 0.463 e. The van der Waals surface area contributed by atoms with E-state index in [1.807, 2.05) is 48.7 Å². The van der Waals surface area contributed by atoms with Gasteiger partial charge in [0, 0.05) is 17.0 Å². The van der Waals surface area contributed by atoms with Gasteiger partial charge in [-0.25, -0.2) is 9.79 Å². The third-order valence-electron chi connectivity index (χ3n) is 5.90. The molecule has 9 heteroatoms. The number of rotatable bonds is 5. The zero-order valence-corrected chi connectivity index (χ0v) is 20.7. The van der Waals surface area contributed by atoms with Gasteiger partial charge in [0.05, 0.1) is 29.1 Å². The van der Waals surface area contributed by atoms with E-state index in [4.69, 9.17) is 4.74 Å². The Hall–Kier alpha value is -3.30. The molecule has 174 valence electrons. The van der Waals surface area contributed by atoms with Crippen molar-refractivity contribution in [2.24, 2.45) is 4.99 Å². The highest BCUT2D eigenvalue weighted by atomic mass is 32.1. The first-order valence-corrected chi connectivity index (χ1v) is 12.8. The zero-order valence-electron chi connectivity index (χ0n) is 19.0. The van der Waals surface area contributed by atoms with Crippen LogP contribution in [0, 0.1) is 0 Å². The van der Waals surface area contributed by atoms with Crippen LogP contribution in [-0.2, 0) is 14.3 Å². The standard InChI is InChI=1S/C25H23N3O4S2/c1-4-12-27-16-10-7-6-9-15(16)19(22(27)29)21-23(30)28-20(17-11-8-13-33-17)18(24(31)32-5-2)14(3)26-25(28)34-21/h6-11,13,20H,4-5,12H2,1-3H3. The van der Waals surface area contributed by atoms with Crippen LogP contribution in [0.15, 0.2) is 62.8 Å². The second-order valence-electron chi connectivity index (χ2n) is 7.99. The molecular weight excluding hydrogens is 470 g/mol. The van der Waals surface area contributed by atoms with Crippen LogP contribution in [0.2, 0.25) is 0 Å². The minimum Gasteiger partial charge on any atom is -0.463 e. The van der Waals surface area contributed by atoms with E-state index in [0.717, 1.165) is 22.5 Å². The molecule has 0 radical (unpaired) electrons. The van der Waals surface area contributed by atoms with Crippen molar-refractivity contribution in [1.29, 1.82) is 0 Å². The van der Waals surface area contributed by atoms with E-state index in [2.05, 4.69) is 4.99 Å². The van der Waals surface area contributed by atoms with Crippen molar-refractivity contribution in [1.82, 2.24) is 4.57 Å². The van der Waals surface area contributed by atoms with Gasteiger partial charge in [-0.3, -0.25) is 14.2 Å². The number of carbonyl (C=O) groups is 2. The zero-order chi connectivity index (χ0) is 24.0. The normalized spacial score (nSPS) is 18.6. The predicted octanol–water partition coefficient (Wildman–Crippen LogP) is 2.99. The minimum absolute atomic E-state index is 0.178. The predicted molar refractivity (Wildman–Crippen MR) is 133 cm³/mol. The van der Waals surface area contributed by atoms with E-state index < -0.39 is 12.0 Å². The lowest BCUT2D eigenvalue weighted by atomic mass is 10.0. The Bertz CT molecular complexity index is 1510. The van der Waals surface area contributed by atoms with E-state index in [-0.39, 0.29) is 18.1 Å². The molecule has 2 aliphatic rings. The summed E-state index contributed by atoms with van der Waals surface area (Å²) in [6.45, 7) is 6.31. The van der Waals surface area contributed by atoms with Gasteiger partial charge in [0.25, 0.3) is 11.5 Å².